The van der Waals surface area contributed by atoms with Crippen molar-refractivity contribution >= 4 is 23.3 Å². The van der Waals surface area contributed by atoms with Crippen LogP contribution in [0.3, 0.4) is 0 Å². The van der Waals surface area contributed by atoms with Crippen LogP contribution in [0.15, 0.2) is 48.5 Å². The zero-order valence-electron chi connectivity index (χ0n) is 22.2. The van der Waals surface area contributed by atoms with E-state index in [4.69, 9.17) is 10.7 Å². The topological polar surface area (TPSA) is 105 Å². The zero-order chi connectivity index (χ0) is 27.1. The first-order valence-electron chi connectivity index (χ1n) is 13.4. The van der Waals surface area contributed by atoms with Crippen LogP contribution in [0.4, 0.5) is 15.9 Å². The van der Waals surface area contributed by atoms with Crippen molar-refractivity contribution in [1.29, 1.82) is 0 Å². The van der Waals surface area contributed by atoms with Gasteiger partial charge in [-0.1, -0.05) is 24.6 Å². The van der Waals surface area contributed by atoms with Crippen LogP contribution >= 0.6 is 0 Å². The van der Waals surface area contributed by atoms with Crippen molar-refractivity contribution in [1.82, 2.24) is 19.8 Å². The van der Waals surface area contributed by atoms with Crippen LogP contribution < -0.4 is 16.4 Å². The third-order valence-corrected chi connectivity index (χ3v) is 6.77. The van der Waals surface area contributed by atoms with Gasteiger partial charge in [0.25, 0.3) is 0 Å². The predicted octanol–water partition coefficient (Wildman–Crippen LogP) is 4.50. The SMILES string of the molecule is CCCC(=O)NCCCC[C@H](N)C(=O)N1CCn2c(nc(-c3ccc(F)cc3)c2Nc2ccc(C)cc2)C1. The second-order valence-electron chi connectivity index (χ2n) is 9.84. The van der Waals surface area contributed by atoms with E-state index in [2.05, 4.69) is 15.2 Å². The second kappa shape index (κ2) is 12.7. The lowest BCUT2D eigenvalue weighted by Crippen LogP contribution is -2.47. The molecule has 4 N–H and O–H groups in total. The average molecular weight is 521 g/mol. The maximum Gasteiger partial charge on any atom is 0.239 e. The van der Waals surface area contributed by atoms with Gasteiger partial charge in [0.05, 0.1) is 12.6 Å². The molecule has 3 aromatic rings. The summed E-state index contributed by atoms with van der Waals surface area (Å²) >= 11 is 0. The summed E-state index contributed by atoms with van der Waals surface area (Å²) in [5.41, 5.74) is 9.85. The molecule has 0 radical (unpaired) electrons. The number of aryl methyl sites for hydroxylation is 1. The molecule has 38 heavy (non-hydrogen) atoms. The van der Waals surface area contributed by atoms with Crippen molar-refractivity contribution in [3.63, 3.8) is 0 Å². The van der Waals surface area contributed by atoms with Gasteiger partial charge in [0, 0.05) is 37.3 Å². The van der Waals surface area contributed by atoms with E-state index >= 15 is 0 Å². The molecule has 0 fully saturated rings. The highest BCUT2D eigenvalue weighted by Gasteiger charge is 2.29. The number of hydrogen-bond acceptors (Lipinski definition) is 5. The van der Waals surface area contributed by atoms with E-state index in [1.807, 2.05) is 38.1 Å². The molecule has 202 valence electrons. The highest BCUT2D eigenvalue weighted by atomic mass is 19.1. The van der Waals surface area contributed by atoms with E-state index in [-0.39, 0.29) is 17.6 Å². The zero-order valence-corrected chi connectivity index (χ0v) is 22.2. The third kappa shape index (κ3) is 6.77. The summed E-state index contributed by atoms with van der Waals surface area (Å²) in [5.74, 6) is 1.24. The molecule has 1 aliphatic heterocycles. The van der Waals surface area contributed by atoms with Gasteiger partial charge in [-0.15, -0.1) is 0 Å². The molecule has 0 bridgehead atoms. The third-order valence-electron chi connectivity index (χ3n) is 6.77. The number of hydrogen-bond donors (Lipinski definition) is 3. The van der Waals surface area contributed by atoms with Gasteiger partial charge in [-0.25, -0.2) is 9.37 Å². The lowest BCUT2D eigenvalue weighted by Gasteiger charge is -2.30. The summed E-state index contributed by atoms with van der Waals surface area (Å²) in [6, 6.07) is 13.8. The Morgan fingerprint density at radius 1 is 1.08 bits per heavy atom. The Morgan fingerprint density at radius 3 is 2.53 bits per heavy atom. The van der Waals surface area contributed by atoms with Gasteiger partial charge < -0.3 is 25.8 Å². The monoisotopic (exact) mass is 520 g/mol. The van der Waals surface area contributed by atoms with Crippen LogP contribution in [0.1, 0.15) is 50.4 Å². The fraction of sp³-hybridized carbons (Fsp3) is 0.414. The van der Waals surface area contributed by atoms with Crippen LogP contribution in [0.5, 0.6) is 0 Å². The molecule has 2 heterocycles. The van der Waals surface area contributed by atoms with Gasteiger partial charge in [-0.05, 0) is 69.0 Å². The van der Waals surface area contributed by atoms with Crippen molar-refractivity contribution in [3.8, 4) is 11.3 Å². The Labute approximate surface area is 223 Å². The number of amides is 2. The van der Waals surface area contributed by atoms with Crippen molar-refractivity contribution in [3.05, 3.63) is 65.7 Å². The molecule has 0 saturated heterocycles. The average Bonchev–Trinajstić information content (AvgIpc) is 3.27. The minimum absolute atomic E-state index is 0.0629. The molecule has 0 aliphatic carbocycles. The van der Waals surface area contributed by atoms with Gasteiger partial charge in [-0.3, -0.25) is 9.59 Å². The molecule has 1 aromatic heterocycles. The number of unbranched alkanes of at least 4 members (excludes halogenated alkanes) is 1. The summed E-state index contributed by atoms with van der Waals surface area (Å²) in [4.78, 5) is 31.3. The molecular formula is C29H37FN6O2. The standard InChI is InChI=1S/C29H37FN6O2/c1-3-6-26(37)32-16-5-4-7-24(31)29(38)35-17-18-36-25(19-35)34-27(21-10-12-22(30)13-11-21)28(36)33-23-14-8-20(2)9-15-23/h8-15,24,33H,3-7,16-19,31H2,1-2H3,(H,32,37)/t24-/m0/s1. The summed E-state index contributed by atoms with van der Waals surface area (Å²) in [5, 5.41) is 6.38. The molecule has 2 amide bonds. The number of fused-ring (bicyclic) bond motifs is 1. The number of anilines is 2. The van der Waals surface area contributed by atoms with E-state index in [0.29, 0.717) is 44.7 Å². The number of aromatic nitrogens is 2. The van der Waals surface area contributed by atoms with Crippen LogP contribution in [0, 0.1) is 12.7 Å². The molecule has 1 aliphatic rings. The highest BCUT2D eigenvalue weighted by molar-refractivity contribution is 5.82. The lowest BCUT2D eigenvalue weighted by molar-refractivity contribution is -0.134. The lowest BCUT2D eigenvalue weighted by atomic mass is 10.1. The Morgan fingerprint density at radius 2 is 1.82 bits per heavy atom. The van der Waals surface area contributed by atoms with Crippen LogP contribution in [-0.4, -0.2) is 45.4 Å². The summed E-state index contributed by atoms with van der Waals surface area (Å²) in [6.45, 7) is 6.06. The fourth-order valence-corrected chi connectivity index (χ4v) is 4.62. The number of carbonyl (C=O) groups is 2. The molecule has 1 atom stereocenters. The van der Waals surface area contributed by atoms with Gasteiger partial charge in [0.1, 0.15) is 23.2 Å². The Kier molecular flexibility index (Phi) is 9.12. The number of benzene rings is 2. The Balaban J connectivity index is 1.44. The first-order chi connectivity index (χ1) is 18.4. The van der Waals surface area contributed by atoms with Crippen LogP contribution in [0.25, 0.3) is 11.3 Å². The largest absolute Gasteiger partial charge is 0.356 e. The number of halogens is 1. The maximum absolute atomic E-state index is 13.6. The van der Waals surface area contributed by atoms with E-state index in [1.165, 1.54) is 12.1 Å². The van der Waals surface area contributed by atoms with E-state index in [1.54, 1.807) is 17.0 Å². The molecule has 9 heteroatoms. The first-order valence-corrected chi connectivity index (χ1v) is 13.4. The van der Waals surface area contributed by atoms with Gasteiger partial charge in [0.2, 0.25) is 11.8 Å². The number of rotatable bonds is 11. The maximum atomic E-state index is 13.6. The quantitative estimate of drug-likeness (QED) is 0.323. The predicted molar refractivity (Wildman–Crippen MR) is 147 cm³/mol. The molecule has 2 aromatic carbocycles. The van der Waals surface area contributed by atoms with Crippen molar-refractivity contribution in [2.45, 2.75) is 65.1 Å². The summed E-state index contributed by atoms with van der Waals surface area (Å²) in [7, 11) is 0. The molecule has 0 saturated carbocycles. The van der Waals surface area contributed by atoms with Crippen molar-refractivity contribution in [2.75, 3.05) is 18.4 Å². The van der Waals surface area contributed by atoms with E-state index < -0.39 is 6.04 Å². The Hall–Kier alpha value is -3.72. The molecule has 0 unspecified atom stereocenters. The van der Waals surface area contributed by atoms with Crippen molar-refractivity contribution in [2.24, 2.45) is 5.73 Å². The van der Waals surface area contributed by atoms with Gasteiger partial charge in [-0.2, -0.15) is 0 Å². The molecule has 8 nitrogen and oxygen atoms in total. The van der Waals surface area contributed by atoms with E-state index in [9.17, 15) is 14.0 Å². The van der Waals surface area contributed by atoms with Gasteiger partial charge >= 0.3 is 0 Å². The molecular weight excluding hydrogens is 483 g/mol. The summed E-state index contributed by atoms with van der Waals surface area (Å²) < 4.78 is 15.7. The number of nitrogens with one attached hydrogen (secondary N) is 2. The smallest absolute Gasteiger partial charge is 0.239 e. The number of carbonyl (C=O) groups excluding carboxylic acids is 2. The second-order valence-corrected chi connectivity index (χ2v) is 9.84. The minimum atomic E-state index is -0.593. The molecule has 0 spiro atoms. The van der Waals surface area contributed by atoms with Gasteiger partial charge in [0.15, 0.2) is 0 Å². The van der Waals surface area contributed by atoms with Crippen LogP contribution in [-0.2, 0) is 22.7 Å². The van der Waals surface area contributed by atoms with Crippen LogP contribution in [0.2, 0.25) is 0 Å². The summed E-state index contributed by atoms with van der Waals surface area (Å²) in [6.07, 6.45) is 3.48. The fourth-order valence-electron chi connectivity index (χ4n) is 4.62. The van der Waals surface area contributed by atoms with E-state index in [0.717, 1.165) is 47.7 Å². The Bertz CT molecular complexity index is 1240. The normalized spacial score (nSPS) is 13.6. The minimum Gasteiger partial charge on any atom is -0.356 e. The molecule has 4 rings (SSSR count). The van der Waals surface area contributed by atoms with Crippen molar-refractivity contribution < 1.29 is 14.0 Å². The number of nitrogens with zero attached hydrogens (tertiary/aromatic N) is 3. The number of imidazole rings is 1. The first kappa shape index (κ1) is 27.3. The highest BCUT2D eigenvalue weighted by Crippen LogP contribution is 2.33. The number of nitrogens with two attached hydrogens (primary N) is 1.